The molecule has 0 N–H and O–H groups in total. The summed E-state index contributed by atoms with van der Waals surface area (Å²) < 4.78 is 36.3. The van der Waals surface area contributed by atoms with Gasteiger partial charge in [-0.3, -0.25) is 0 Å². The third-order valence-electron chi connectivity index (χ3n) is 2.82. The average Bonchev–Trinajstić information content (AvgIpc) is 3.02. The van der Waals surface area contributed by atoms with Crippen molar-refractivity contribution in [1.82, 2.24) is 10.2 Å². The Bertz CT molecular complexity index is 802. The van der Waals surface area contributed by atoms with Gasteiger partial charge in [-0.05, 0) is 36.4 Å². The molecule has 2 aromatic carbocycles. The molecule has 22 heavy (non-hydrogen) atoms. The number of carbonyl (C=O) groups is 1. The van der Waals surface area contributed by atoms with E-state index in [1.165, 1.54) is 18.5 Å². The summed E-state index contributed by atoms with van der Waals surface area (Å²) >= 11 is 0. The van der Waals surface area contributed by atoms with E-state index < -0.39 is 17.6 Å². The maximum absolute atomic E-state index is 13.5. The molecule has 0 bridgehead atoms. The molecular weight excluding hydrogens is 294 g/mol. The van der Waals surface area contributed by atoms with Gasteiger partial charge in [0.05, 0.1) is 5.56 Å². The van der Waals surface area contributed by atoms with Crippen molar-refractivity contribution in [3.8, 4) is 17.2 Å². The second-order valence-electron chi connectivity index (χ2n) is 4.28. The number of ether oxygens (including phenoxy) is 1. The maximum Gasteiger partial charge on any atom is 0.346 e. The summed E-state index contributed by atoms with van der Waals surface area (Å²) in [5.74, 6) is -2.13. The molecule has 0 unspecified atom stereocenters. The zero-order valence-corrected chi connectivity index (χ0v) is 11.0. The van der Waals surface area contributed by atoms with Crippen molar-refractivity contribution >= 4 is 5.97 Å². The van der Waals surface area contributed by atoms with Crippen molar-refractivity contribution in [2.45, 2.75) is 0 Å². The number of carbonyl (C=O) groups excluding carboxylic acids is 1. The lowest BCUT2D eigenvalue weighted by Crippen LogP contribution is -2.10. The fraction of sp³-hybridized carbons (Fsp3) is 0. The van der Waals surface area contributed by atoms with Gasteiger partial charge in [0.1, 0.15) is 17.4 Å². The lowest BCUT2D eigenvalue weighted by Gasteiger charge is -2.05. The fourth-order valence-corrected chi connectivity index (χ4v) is 1.78. The SMILES string of the molecule is O=C(Oc1ccc(-c2nnco2)cc1)c1ccc(F)cc1F. The zero-order valence-electron chi connectivity index (χ0n) is 11.0. The van der Waals surface area contributed by atoms with Crippen molar-refractivity contribution in [2.24, 2.45) is 0 Å². The minimum Gasteiger partial charge on any atom is -0.423 e. The summed E-state index contributed by atoms with van der Waals surface area (Å²) in [5, 5.41) is 7.29. The monoisotopic (exact) mass is 302 g/mol. The van der Waals surface area contributed by atoms with Crippen molar-refractivity contribution in [3.05, 3.63) is 66.1 Å². The molecule has 0 radical (unpaired) electrons. The van der Waals surface area contributed by atoms with E-state index >= 15 is 0 Å². The number of nitrogens with zero attached hydrogens (tertiary/aromatic N) is 2. The van der Waals surface area contributed by atoms with Crippen LogP contribution in [0.5, 0.6) is 5.75 Å². The summed E-state index contributed by atoms with van der Waals surface area (Å²) in [6.45, 7) is 0. The summed E-state index contributed by atoms with van der Waals surface area (Å²) in [4.78, 5) is 11.8. The molecule has 0 atom stereocenters. The van der Waals surface area contributed by atoms with Crippen LogP contribution in [0.3, 0.4) is 0 Å². The maximum atomic E-state index is 13.5. The number of esters is 1. The Morgan fingerprint density at radius 2 is 1.86 bits per heavy atom. The van der Waals surface area contributed by atoms with Crippen LogP contribution in [0.4, 0.5) is 8.78 Å². The van der Waals surface area contributed by atoms with Crippen molar-refractivity contribution in [1.29, 1.82) is 0 Å². The molecule has 3 aromatic rings. The van der Waals surface area contributed by atoms with E-state index in [1.807, 2.05) is 0 Å². The highest BCUT2D eigenvalue weighted by molar-refractivity contribution is 5.91. The molecule has 0 fully saturated rings. The van der Waals surface area contributed by atoms with Gasteiger partial charge in [-0.2, -0.15) is 0 Å². The molecule has 0 saturated carbocycles. The van der Waals surface area contributed by atoms with Crippen LogP contribution in [0.2, 0.25) is 0 Å². The normalized spacial score (nSPS) is 10.5. The van der Waals surface area contributed by atoms with E-state index in [9.17, 15) is 13.6 Å². The molecule has 110 valence electrons. The Hall–Kier alpha value is -3.09. The number of halogens is 2. The third-order valence-corrected chi connectivity index (χ3v) is 2.82. The van der Waals surface area contributed by atoms with Gasteiger partial charge in [0, 0.05) is 11.6 Å². The van der Waals surface area contributed by atoms with Gasteiger partial charge in [0.2, 0.25) is 12.3 Å². The second kappa shape index (κ2) is 5.72. The van der Waals surface area contributed by atoms with Gasteiger partial charge in [-0.1, -0.05) is 0 Å². The molecule has 0 saturated heterocycles. The molecule has 0 aliphatic carbocycles. The summed E-state index contributed by atoms with van der Waals surface area (Å²) in [7, 11) is 0. The molecule has 0 amide bonds. The van der Waals surface area contributed by atoms with Gasteiger partial charge in [-0.25, -0.2) is 13.6 Å². The molecule has 0 aliphatic heterocycles. The minimum atomic E-state index is -0.979. The van der Waals surface area contributed by atoms with Crippen LogP contribution >= 0.6 is 0 Å². The molecule has 7 heteroatoms. The topological polar surface area (TPSA) is 65.2 Å². The number of hydrogen-bond acceptors (Lipinski definition) is 5. The standard InChI is InChI=1S/C15H8F2N2O3/c16-10-3-6-12(13(17)7-10)15(20)22-11-4-1-9(2-5-11)14-19-18-8-21-14/h1-8H. The quantitative estimate of drug-likeness (QED) is 0.549. The largest absolute Gasteiger partial charge is 0.423 e. The molecule has 1 aromatic heterocycles. The lowest BCUT2D eigenvalue weighted by atomic mass is 10.2. The van der Waals surface area contributed by atoms with Crippen LogP contribution in [-0.2, 0) is 0 Å². The Morgan fingerprint density at radius 3 is 2.50 bits per heavy atom. The predicted octanol–water partition coefficient (Wildman–Crippen LogP) is 3.23. The van der Waals surface area contributed by atoms with Crippen molar-refractivity contribution in [3.63, 3.8) is 0 Å². The number of aromatic nitrogens is 2. The predicted molar refractivity (Wildman–Crippen MR) is 71.1 cm³/mol. The van der Waals surface area contributed by atoms with Crippen molar-refractivity contribution < 1.29 is 22.7 Å². The highest BCUT2D eigenvalue weighted by atomic mass is 19.1. The molecular formula is C15H8F2N2O3. The zero-order chi connectivity index (χ0) is 15.5. The molecule has 0 spiro atoms. The van der Waals surface area contributed by atoms with Gasteiger partial charge in [-0.15, -0.1) is 10.2 Å². The fourth-order valence-electron chi connectivity index (χ4n) is 1.78. The first-order chi connectivity index (χ1) is 10.6. The first kappa shape index (κ1) is 13.9. The van der Waals surface area contributed by atoms with E-state index in [-0.39, 0.29) is 11.3 Å². The Morgan fingerprint density at radius 1 is 1.09 bits per heavy atom. The van der Waals surface area contributed by atoms with Crippen LogP contribution in [0.15, 0.2) is 53.3 Å². The molecule has 1 heterocycles. The van der Waals surface area contributed by atoms with Gasteiger partial charge >= 0.3 is 5.97 Å². The van der Waals surface area contributed by atoms with Crippen LogP contribution in [0.1, 0.15) is 10.4 Å². The minimum absolute atomic E-state index is 0.206. The molecule has 3 rings (SSSR count). The average molecular weight is 302 g/mol. The van der Waals surface area contributed by atoms with Crippen LogP contribution in [-0.4, -0.2) is 16.2 Å². The summed E-state index contributed by atoms with van der Waals surface area (Å²) in [5.41, 5.74) is 0.299. The summed E-state index contributed by atoms with van der Waals surface area (Å²) in [6.07, 6.45) is 1.20. The van der Waals surface area contributed by atoms with Crippen LogP contribution in [0.25, 0.3) is 11.5 Å². The first-order valence-corrected chi connectivity index (χ1v) is 6.17. The molecule has 0 aliphatic rings. The van der Waals surface area contributed by atoms with E-state index in [1.54, 1.807) is 12.1 Å². The third kappa shape index (κ3) is 2.83. The Balaban J connectivity index is 1.77. The lowest BCUT2D eigenvalue weighted by molar-refractivity contribution is 0.0730. The Kier molecular flexibility index (Phi) is 3.61. The number of hydrogen-bond donors (Lipinski definition) is 0. The van der Waals surface area contributed by atoms with E-state index in [0.29, 0.717) is 17.5 Å². The van der Waals surface area contributed by atoms with Crippen LogP contribution in [0, 0.1) is 11.6 Å². The number of benzene rings is 2. The van der Waals surface area contributed by atoms with E-state index in [2.05, 4.69) is 10.2 Å². The van der Waals surface area contributed by atoms with Crippen molar-refractivity contribution in [2.75, 3.05) is 0 Å². The van der Waals surface area contributed by atoms with E-state index in [0.717, 1.165) is 12.1 Å². The highest BCUT2D eigenvalue weighted by Crippen LogP contribution is 2.21. The van der Waals surface area contributed by atoms with E-state index in [4.69, 9.17) is 9.15 Å². The second-order valence-corrected chi connectivity index (χ2v) is 4.28. The van der Waals surface area contributed by atoms with Gasteiger partial charge < -0.3 is 9.15 Å². The highest BCUT2D eigenvalue weighted by Gasteiger charge is 2.15. The van der Waals surface area contributed by atoms with Gasteiger partial charge in [0.15, 0.2) is 0 Å². The van der Waals surface area contributed by atoms with Gasteiger partial charge in [0.25, 0.3) is 0 Å². The molecule has 5 nitrogen and oxygen atoms in total. The Labute approximate surface area is 123 Å². The first-order valence-electron chi connectivity index (χ1n) is 6.17. The smallest absolute Gasteiger partial charge is 0.346 e. The van der Waals surface area contributed by atoms with Crippen LogP contribution < -0.4 is 4.74 Å². The summed E-state index contributed by atoms with van der Waals surface area (Å²) in [6, 6.07) is 8.85. The number of rotatable bonds is 3.